The fourth-order valence-electron chi connectivity index (χ4n) is 2.31. The van der Waals surface area contributed by atoms with E-state index in [1.54, 1.807) is 6.08 Å². The van der Waals surface area contributed by atoms with Crippen LogP contribution in [0.15, 0.2) is 63.7 Å². The van der Waals surface area contributed by atoms with Crippen LogP contribution in [0.5, 0.6) is 5.75 Å². The van der Waals surface area contributed by atoms with Crippen molar-refractivity contribution in [2.75, 3.05) is 6.61 Å². The summed E-state index contributed by atoms with van der Waals surface area (Å²) in [7, 11) is 0. The van der Waals surface area contributed by atoms with Crippen LogP contribution in [0, 0.1) is 0 Å². The Balaban J connectivity index is 1.77. The minimum atomic E-state index is -0.450. The molecule has 1 heterocycles. The molecule has 4 nitrogen and oxygen atoms in total. The number of carbonyl (C=O) groups is 1. The smallest absolute Gasteiger partial charge is 0.363 e. The molecule has 0 amide bonds. The van der Waals surface area contributed by atoms with Crippen LogP contribution in [0.3, 0.4) is 0 Å². The third-order valence-corrected chi connectivity index (χ3v) is 4.37. The zero-order valence-electron chi connectivity index (χ0n) is 13.9. The van der Waals surface area contributed by atoms with Crippen molar-refractivity contribution in [1.82, 2.24) is 0 Å². The summed E-state index contributed by atoms with van der Waals surface area (Å²) < 4.78 is 11.8. The Hall–Kier alpha value is -2.40. The van der Waals surface area contributed by atoms with Gasteiger partial charge in [-0.05, 0) is 58.3 Å². The highest BCUT2D eigenvalue weighted by atomic mass is 79.9. The van der Waals surface area contributed by atoms with Crippen molar-refractivity contribution >= 4 is 33.9 Å². The molecule has 3 rings (SSSR count). The summed E-state index contributed by atoms with van der Waals surface area (Å²) in [6.45, 7) is 2.84. The minimum Gasteiger partial charge on any atom is -0.494 e. The van der Waals surface area contributed by atoms with Crippen LogP contribution in [0.4, 0.5) is 0 Å². The van der Waals surface area contributed by atoms with Crippen molar-refractivity contribution in [2.45, 2.75) is 19.8 Å². The number of benzene rings is 2. The summed E-state index contributed by atoms with van der Waals surface area (Å²) in [6.07, 6.45) is 3.84. The van der Waals surface area contributed by atoms with Gasteiger partial charge in [0.25, 0.3) is 0 Å². The van der Waals surface area contributed by atoms with Gasteiger partial charge in [0.1, 0.15) is 5.75 Å². The maximum absolute atomic E-state index is 12.1. The highest BCUT2D eigenvalue weighted by molar-refractivity contribution is 9.10. The minimum absolute atomic E-state index is 0.283. The molecule has 0 atom stereocenters. The average Bonchev–Trinajstić information content (AvgIpc) is 2.97. The van der Waals surface area contributed by atoms with Gasteiger partial charge in [0, 0.05) is 4.47 Å². The summed E-state index contributed by atoms with van der Waals surface area (Å²) >= 11 is 3.44. The molecular formula is C20H18BrNO3. The lowest BCUT2D eigenvalue weighted by atomic mass is 10.2. The predicted octanol–water partition coefficient (Wildman–Crippen LogP) is 4.97. The molecule has 1 aliphatic rings. The van der Waals surface area contributed by atoms with Crippen LogP contribution in [0.2, 0.25) is 0 Å². The van der Waals surface area contributed by atoms with E-state index in [1.807, 2.05) is 48.5 Å². The molecule has 0 aromatic heterocycles. The first-order chi connectivity index (χ1) is 12.2. The van der Waals surface area contributed by atoms with Gasteiger partial charge < -0.3 is 9.47 Å². The maximum Gasteiger partial charge on any atom is 0.363 e. The predicted molar refractivity (Wildman–Crippen MR) is 102 cm³/mol. The Kier molecular flexibility index (Phi) is 5.66. The SMILES string of the molecule is CCCCOc1ccc(/C=C2\N=C(c3ccccc3Br)OC2=O)cc1. The largest absolute Gasteiger partial charge is 0.494 e. The standard InChI is InChI=1S/C20H18BrNO3/c1-2-3-12-24-15-10-8-14(9-11-15)13-18-20(23)25-19(22-18)16-6-4-5-7-17(16)21/h4-11,13H,2-3,12H2,1H3/b18-13-. The number of unbranched alkanes of at least 4 members (excludes halogenated alkanes) is 1. The van der Waals surface area contributed by atoms with E-state index < -0.39 is 5.97 Å². The van der Waals surface area contributed by atoms with Crippen LogP contribution >= 0.6 is 15.9 Å². The number of hydrogen-bond donors (Lipinski definition) is 0. The summed E-state index contributed by atoms with van der Waals surface area (Å²) in [6, 6.07) is 15.1. The van der Waals surface area contributed by atoms with Gasteiger partial charge in [-0.25, -0.2) is 9.79 Å². The van der Waals surface area contributed by atoms with Crippen LogP contribution in [0.25, 0.3) is 6.08 Å². The Morgan fingerprint density at radius 3 is 2.64 bits per heavy atom. The molecule has 0 N–H and O–H groups in total. The Morgan fingerprint density at radius 2 is 1.92 bits per heavy atom. The summed E-state index contributed by atoms with van der Waals surface area (Å²) in [5.74, 6) is 0.680. The molecule has 0 spiro atoms. The first-order valence-electron chi connectivity index (χ1n) is 8.17. The van der Waals surface area contributed by atoms with Crippen LogP contribution in [-0.2, 0) is 9.53 Å². The number of cyclic esters (lactones) is 1. The molecule has 25 heavy (non-hydrogen) atoms. The van der Waals surface area contributed by atoms with E-state index in [-0.39, 0.29) is 5.70 Å². The lowest BCUT2D eigenvalue weighted by molar-refractivity contribution is -0.129. The molecule has 0 saturated heterocycles. The Labute approximate surface area is 155 Å². The number of rotatable bonds is 6. The summed E-state index contributed by atoms with van der Waals surface area (Å²) in [5.41, 5.74) is 1.90. The quantitative estimate of drug-likeness (QED) is 0.391. The Bertz CT molecular complexity index is 825. The van der Waals surface area contributed by atoms with Gasteiger partial charge in [0.2, 0.25) is 5.90 Å². The van der Waals surface area contributed by atoms with Gasteiger partial charge in [-0.1, -0.05) is 37.6 Å². The van der Waals surface area contributed by atoms with Crippen LogP contribution in [0.1, 0.15) is 30.9 Å². The second kappa shape index (κ2) is 8.12. The van der Waals surface area contributed by atoms with Crippen molar-refractivity contribution in [3.05, 3.63) is 69.8 Å². The second-order valence-corrected chi connectivity index (χ2v) is 6.44. The van der Waals surface area contributed by atoms with E-state index in [4.69, 9.17) is 9.47 Å². The van der Waals surface area contributed by atoms with Gasteiger partial charge in [0.05, 0.1) is 12.2 Å². The third kappa shape index (κ3) is 4.37. The van der Waals surface area contributed by atoms with Gasteiger partial charge in [-0.2, -0.15) is 0 Å². The van der Waals surface area contributed by atoms with Gasteiger partial charge in [-0.15, -0.1) is 0 Å². The molecule has 0 saturated carbocycles. The maximum atomic E-state index is 12.1. The molecule has 128 valence electrons. The normalized spacial score (nSPS) is 15.2. The number of hydrogen-bond acceptors (Lipinski definition) is 4. The molecule has 0 aliphatic carbocycles. The topological polar surface area (TPSA) is 47.9 Å². The van der Waals surface area contributed by atoms with Crippen molar-refractivity contribution in [3.63, 3.8) is 0 Å². The van der Waals surface area contributed by atoms with Crippen molar-refractivity contribution in [3.8, 4) is 5.75 Å². The van der Waals surface area contributed by atoms with Crippen molar-refractivity contribution < 1.29 is 14.3 Å². The zero-order valence-corrected chi connectivity index (χ0v) is 15.5. The second-order valence-electron chi connectivity index (χ2n) is 5.59. The Morgan fingerprint density at radius 1 is 1.16 bits per heavy atom. The summed E-state index contributed by atoms with van der Waals surface area (Å²) in [4.78, 5) is 16.4. The molecule has 0 fully saturated rings. The van der Waals surface area contributed by atoms with E-state index in [0.29, 0.717) is 12.5 Å². The number of halogens is 1. The van der Waals surface area contributed by atoms with E-state index in [9.17, 15) is 4.79 Å². The number of esters is 1. The zero-order chi connectivity index (χ0) is 17.6. The molecule has 2 aromatic rings. The molecule has 1 aliphatic heterocycles. The van der Waals surface area contributed by atoms with Gasteiger partial charge >= 0.3 is 5.97 Å². The average molecular weight is 400 g/mol. The molecular weight excluding hydrogens is 382 g/mol. The van der Waals surface area contributed by atoms with Crippen molar-refractivity contribution in [2.24, 2.45) is 4.99 Å². The van der Waals surface area contributed by atoms with Crippen LogP contribution < -0.4 is 4.74 Å². The van der Waals surface area contributed by atoms with Crippen LogP contribution in [-0.4, -0.2) is 18.5 Å². The number of nitrogens with zero attached hydrogens (tertiary/aromatic N) is 1. The molecule has 0 bridgehead atoms. The highest BCUT2D eigenvalue weighted by Gasteiger charge is 2.25. The number of ether oxygens (including phenoxy) is 2. The first-order valence-corrected chi connectivity index (χ1v) is 8.97. The first kappa shape index (κ1) is 17.4. The van der Waals surface area contributed by atoms with E-state index in [0.717, 1.165) is 34.2 Å². The fourth-order valence-corrected chi connectivity index (χ4v) is 2.77. The van der Waals surface area contributed by atoms with Crippen molar-refractivity contribution in [1.29, 1.82) is 0 Å². The number of carbonyl (C=O) groups excluding carboxylic acids is 1. The lowest BCUT2D eigenvalue weighted by Crippen LogP contribution is -2.05. The third-order valence-electron chi connectivity index (χ3n) is 3.67. The molecule has 0 radical (unpaired) electrons. The van der Waals surface area contributed by atoms with Gasteiger partial charge in [-0.3, -0.25) is 0 Å². The van der Waals surface area contributed by atoms with Gasteiger partial charge in [0.15, 0.2) is 5.70 Å². The molecule has 2 aromatic carbocycles. The molecule has 5 heteroatoms. The molecule has 0 unspecified atom stereocenters. The van der Waals surface area contributed by atoms with E-state index in [2.05, 4.69) is 27.8 Å². The lowest BCUT2D eigenvalue weighted by Gasteiger charge is -2.05. The number of aliphatic imine (C=N–C) groups is 1. The summed E-state index contributed by atoms with van der Waals surface area (Å²) in [5, 5.41) is 0. The van der Waals surface area contributed by atoms with E-state index in [1.165, 1.54) is 0 Å². The highest BCUT2D eigenvalue weighted by Crippen LogP contribution is 2.24. The monoisotopic (exact) mass is 399 g/mol. The van der Waals surface area contributed by atoms with E-state index >= 15 is 0 Å². The fraction of sp³-hybridized carbons (Fsp3) is 0.200.